The first kappa shape index (κ1) is 20.9. The van der Waals surface area contributed by atoms with Crippen LogP contribution in [-0.2, 0) is 13.0 Å². The number of hydrogen-bond acceptors (Lipinski definition) is 5. The third kappa shape index (κ3) is 4.98. The molecule has 7 heteroatoms. The molecule has 0 bridgehead atoms. The first-order valence-corrected chi connectivity index (χ1v) is 10.3. The van der Waals surface area contributed by atoms with Gasteiger partial charge < -0.3 is 14.2 Å². The number of aromatic nitrogens is 3. The Balaban J connectivity index is 2.00. The first-order valence-electron chi connectivity index (χ1n) is 9.93. The summed E-state index contributed by atoms with van der Waals surface area (Å²) in [4.78, 5) is 0. The summed E-state index contributed by atoms with van der Waals surface area (Å²) in [7, 11) is 0. The molecule has 0 aliphatic heterocycles. The van der Waals surface area contributed by atoms with E-state index >= 15 is 0 Å². The van der Waals surface area contributed by atoms with Crippen molar-refractivity contribution in [1.82, 2.24) is 14.8 Å². The first-order chi connectivity index (χ1) is 14.2. The quantitative estimate of drug-likeness (QED) is 0.472. The Bertz CT molecular complexity index is 955. The van der Waals surface area contributed by atoms with E-state index < -0.39 is 0 Å². The molecule has 2 aromatic carbocycles. The lowest BCUT2D eigenvalue weighted by molar-refractivity contribution is 0.261. The summed E-state index contributed by atoms with van der Waals surface area (Å²) in [6, 6.07) is 14.2. The molecule has 0 aliphatic rings. The average molecular weight is 414 g/mol. The van der Waals surface area contributed by atoms with Gasteiger partial charge in [0, 0.05) is 12.1 Å². The topological polar surface area (TPSA) is 61.3 Å². The summed E-state index contributed by atoms with van der Waals surface area (Å²) in [5, 5.41) is 7.39. The summed E-state index contributed by atoms with van der Waals surface area (Å²) < 4.78 is 20.1. The van der Waals surface area contributed by atoms with Gasteiger partial charge in [0.2, 0.25) is 5.75 Å². The number of aromatic amines is 1. The van der Waals surface area contributed by atoms with E-state index in [4.69, 9.17) is 26.4 Å². The monoisotopic (exact) mass is 413 g/mol. The van der Waals surface area contributed by atoms with Crippen LogP contribution in [0.25, 0.3) is 11.4 Å². The molecular weight excluding hydrogens is 386 g/mol. The number of aryl methyl sites for hydroxylation is 1. The lowest BCUT2D eigenvalue weighted by Gasteiger charge is -2.17. The van der Waals surface area contributed by atoms with Gasteiger partial charge in [0.25, 0.3) is 0 Å². The molecule has 3 rings (SSSR count). The molecule has 0 spiro atoms. The largest absolute Gasteiger partial charge is 0.490 e. The minimum Gasteiger partial charge on any atom is -0.490 e. The molecule has 1 heterocycles. The Kier molecular flexibility index (Phi) is 7.30. The Morgan fingerprint density at radius 3 is 2.14 bits per heavy atom. The predicted molar refractivity (Wildman–Crippen MR) is 117 cm³/mol. The third-order valence-corrected chi connectivity index (χ3v) is 4.70. The smallest absolute Gasteiger partial charge is 0.203 e. The van der Waals surface area contributed by atoms with Crippen LogP contribution in [0.4, 0.5) is 0 Å². The van der Waals surface area contributed by atoms with Crippen LogP contribution in [0.2, 0.25) is 0 Å². The van der Waals surface area contributed by atoms with Crippen LogP contribution < -0.4 is 14.2 Å². The lowest BCUT2D eigenvalue weighted by atomic mass is 10.1. The molecule has 0 amide bonds. The fourth-order valence-electron chi connectivity index (χ4n) is 3.15. The fraction of sp³-hybridized carbons (Fsp3) is 0.364. The molecule has 1 aromatic heterocycles. The van der Waals surface area contributed by atoms with E-state index in [2.05, 4.69) is 22.3 Å². The predicted octanol–water partition coefficient (Wildman–Crippen LogP) is 5.05. The van der Waals surface area contributed by atoms with E-state index in [0.29, 0.717) is 41.8 Å². The molecule has 1 N–H and O–H groups in total. The number of benzene rings is 2. The van der Waals surface area contributed by atoms with Gasteiger partial charge in [-0.25, -0.2) is 0 Å². The highest BCUT2D eigenvalue weighted by Crippen LogP contribution is 2.41. The van der Waals surface area contributed by atoms with E-state index in [0.717, 1.165) is 24.4 Å². The molecule has 0 atom stereocenters. The van der Waals surface area contributed by atoms with Crippen LogP contribution in [0.3, 0.4) is 0 Å². The number of nitrogens with one attached hydrogen (secondary N) is 1. The SMILES string of the molecule is CCOc1cc(-c2n[nH]c(=S)n2CCc2ccccc2)cc(OCC)c1OCC. The second-order valence-electron chi connectivity index (χ2n) is 6.34. The maximum Gasteiger partial charge on any atom is 0.203 e. The highest BCUT2D eigenvalue weighted by molar-refractivity contribution is 7.71. The number of ether oxygens (including phenoxy) is 3. The zero-order chi connectivity index (χ0) is 20.6. The van der Waals surface area contributed by atoms with Gasteiger partial charge in [-0.2, -0.15) is 5.10 Å². The van der Waals surface area contributed by atoms with Crippen molar-refractivity contribution in [3.8, 4) is 28.6 Å². The van der Waals surface area contributed by atoms with Crippen LogP contribution in [-0.4, -0.2) is 34.6 Å². The normalized spacial score (nSPS) is 10.7. The van der Waals surface area contributed by atoms with Gasteiger partial charge in [-0.15, -0.1) is 0 Å². The molecule has 0 saturated heterocycles. The summed E-state index contributed by atoms with van der Waals surface area (Å²) in [5.41, 5.74) is 2.11. The number of rotatable bonds is 10. The van der Waals surface area contributed by atoms with Crippen molar-refractivity contribution in [2.45, 2.75) is 33.7 Å². The molecule has 0 fully saturated rings. The van der Waals surface area contributed by atoms with E-state index in [1.807, 2.05) is 55.7 Å². The van der Waals surface area contributed by atoms with Crippen LogP contribution >= 0.6 is 12.2 Å². The number of nitrogens with zero attached hydrogens (tertiary/aromatic N) is 2. The van der Waals surface area contributed by atoms with Gasteiger partial charge in [0.05, 0.1) is 19.8 Å². The van der Waals surface area contributed by atoms with Crippen LogP contribution in [0, 0.1) is 4.77 Å². The van der Waals surface area contributed by atoms with Gasteiger partial charge in [-0.05, 0) is 57.1 Å². The third-order valence-electron chi connectivity index (χ3n) is 4.39. The second kappa shape index (κ2) is 10.1. The average Bonchev–Trinajstić information content (AvgIpc) is 3.10. The molecule has 154 valence electrons. The van der Waals surface area contributed by atoms with Crippen molar-refractivity contribution in [3.63, 3.8) is 0 Å². The van der Waals surface area contributed by atoms with E-state index in [9.17, 15) is 0 Å². The van der Waals surface area contributed by atoms with E-state index in [1.165, 1.54) is 5.56 Å². The second-order valence-corrected chi connectivity index (χ2v) is 6.73. The lowest BCUT2D eigenvalue weighted by Crippen LogP contribution is -2.06. The minimum atomic E-state index is 0.523. The van der Waals surface area contributed by atoms with E-state index in [-0.39, 0.29) is 0 Å². The van der Waals surface area contributed by atoms with Crippen LogP contribution in [0.1, 0.15) is 26.3 Å². The highest BCUT2D eigenvalue weighted by atomic mass is 32.1. The van der Waals surface area contributed by atoms with Crippen molar-refractivity contribution in [3.05, 3.63) is 52.8 Å². The maximum atomic E-state index is 5.84. The fourth-order valence-corrected chi connectivity index (χ4v) is 3.37. The van der Waals surface area contributed by atoms with Crippen LogP contribution in [0.15, 0.2) is 42.5 Å². The number of hydrogen-bond donors (Lipinski definition) is 1. The molecule has 0 radical (unpaired) electrons. The van der Waals surface area contributed by atoms with Gasteiger partial charge in [0.15, 0.2) is 22.1 Å². The molecule has 0 saturated carbocycles. The molecule has 29 heavy (non-hydrogen) atoms. The van der Waals surface area contributed by atoms with Crippen LogP contribution in [0.5, 0.6) is 17.2 Å². The number of H-pyrrole nitrogens is 1. The molecule has 0 aliphatic carbocycles. The summed E-state index contributed by atoms with van der Waals surface area (Å²) in [5.74, 6) is 2.64. The maximum absolute atomic E-state index is 5.84. The highest BCUT2D eigenvalue weighted by Gasteiger charge is 2.18. The Labute approximate surface area is 176 Å². The Morgan fingerprint density at radius 2 is 1.55 bits per heavy atom. The van der Waals surface area contributed by atoms with E-state index in [1.54, 1.807) is 0 Å². The van der Waals surface area contributed by atoms with Crippen molar-refractivity contribution < 1.29 is 14.2 Å². The minimum absolute atomic E-state index is 0.523. The summed E-state index contributed by atoms with van der Waals surface area (Å²) >= 11 is 5.48. The molecule has 6 nitrogen and oxygen atoms in total. The zero-order valence-corrected chi connectivity index (χ0v) is 17.9. The van der Waals surface area contributed by atoms with Crippen molar-refractivity contribution >= 4 is 12.2 Å². The Hall–Kier alpha value is -2.80. The zero-order valence-electron chi connectivity index (χ0n) is 17.1. The molecular formula is C22H27N3O3S. The van der Waals surface area contributed by atoms with Gasteiger partial charge >= 0.3 is 0 Å². The standard InChI is InChI=1S/C22H27N3O3S/c1-4-26-18-14-17(15-19(27-5-2)20(18)28-6-3)21-23-24-22(29)25(21)13-12-16-10-8-7-9-11-16/h7-11,14-15H,4-6,12-13H2,1-3H3,(H,24,29). The van der Waals surface area contributed by atoms with Gasteiger partial charge in [-0.3, -0.25) is 9.67 Å². The van der Waals surface area contributed by atoms with Gasteiger partial charge in [-0.1, -0.05) is 30.3 Å². The van der Waals surface area contributed by atoms with Crippen molar-refractivity contribution in [2.75, 3.05) is 19.8 Å². The van der Waals surface area contributed by atoms with Crippen molar-refractivity contribution in [1.29, 1.82) is 0 Å². The molecule has 3 aromatic rings. The van der Waals surface area contributed by atoms with Crippen molar-refractivity contribution in [2.24, 2.45) is 0 Å². The Morgan fingerprint density at radius 1 is 0.931 bits per heavy atom. The molecule has 0 unspecified atom stereocenters. The summed E-state index contributed by atoms with van der Waals surface area (Å²) in [6.45, 7) is 8.11. The van der Waals surface area contributed by atoms with Gasteiger partial charge in [0.1, 0.15) is 0 Å². The summed E-state index contributed by atoms with van der Waals surface area (Å²) in [6.07, 6.45) is 0.856.